The van der Waals surface area contributed by atoms with E-state index in [0.29, 0.717) is 24.5 Å². The van der Waals surface area contributed by atoms with Crippen molar-refractivity contribution in [2.45, 2.75) is 25.8 Å². The van der Waals surface area contributed by atoms with E-state index in [1.807, 2.05) is 18.2 Å². The SMILES string of the molecule is CN=C(NCC(=O)NCCc1ccccc1)NC1CC1C. The van der Waals surface area contributed by atoms with E-state index in [1.54, 1.807) is 7.05 Å². The fourth-order valence-electron chi connectivity index (χ4n) is 2.11. The van der Waals surface area contributed by atoms with E-state index >= 15 is 0 Å². The van der Waals surface area contributed by atoms with Gasteiger partial charge < -0.3 is 16.0 Å². The first-order chi connectivity index (χ1) is 10.2. The third-order valence-electron chi connectivity index (χ3n) is 3.65. The molecule has 1 aromatic carbocycles. The second-order valence-electron chi connectivity index (χ2n) is 5.48. The second-order valence-corrected chi connectivity index (χ2v) is 5.48. The van der Waals surface area contributed by atoms with E-state index in [-0.39, 0.29) is 12.5 Å². The summed E-state index contributed by atoms with van der Waals surface area (Å²) in [5.41, 5.74) is 1.23. The lowest BCUT2D eigenvalue weighted by molar-refractivity contribution is -0.119. The maximum Gasteiger partial charge on any atom is 0.239 e. The van der Waals surface area contributed by atoms with E-state index in [1.165, 1.54) is 12.0 Å². The molecule has 1 amide bonds. The van der Waals surface area contributed by atoms with E-state index < -0.39 is 0 Å². The maximum absolute atomic E-state index is 11.8. The monoisotopic (exact) mass is 288 g/mol. The van der Waals surface area contributed by atoms with Gasteiger partial charge in [-0.1, -0.05) is 37.3 Å². The van der Waals surface area contributed by atoms with Gasteiger partial charge in [-0.05, 0) is 24.3 Å². The molecule has 114 valence electrons. The van der Waals surface area contributed by atoms with Gasteiger partial charge in [-0.2, -0.15) is 0 Å². The van der Waals surface area contributed by atoms with Crippen molar-refractivity contribution in [3.05, 3.63) is 35.9 Å². The Morgan fingerprint density at radius 3 is 2.62 bits per heavy atom. The van der Waals surface area contributed by atoms with Crippen LogP contribution in [0.2, 0.25) is 0 Å². The average molecular weight is 288 g/mol. The number of guanidine groups is 1. The molecule has 5 heteroatoms. The van der Waals surface area contributed by atoms with Gasteiger partial charge in [0.05, 0.1) is 6.54 Å². The molecule has 0 spiro atoms. The molecule has 0 aliphatic heterocycles. The third-order valence-corrected chi connectivity index (χ3v) is 3.65. The van der Waals surface area contributed by atoms with Crippen molar-refractivity contribution in [1.82, 2.24) is 16.0 Å². The molecule has 1 aliphatic rings. The molecule has 1 aliphatic carbocycles. The summed E-state index contributed by atoms with van der Waals surface area (Å²) in [6, 6.07) is 10.6. The van der Waals surface area contributed by atoms with Gasteiger partial charge in [-0.3, -0.25) is 9.79 Å². The van der Waals surface area contributed by atoms with Crippen LogP contribution >= 0.6 is 0 Å². The van der Waals surface area contributed by atoms with Crippen molar-refractivity contribution in [3.8, 4) is 0 Å². The first-order valence-corrected chi connectivity index (χ1v) is 7.47. The minimum absolute atomic E-state index is 0.0160. The Labute approximate surface area is 126 Å². The second kappa shape index (κ2) is 7.67. The van der Waals surface area contributed by atoms with Crippen LogP contribution in [0.1, 0.15) is 18.9 Å². The van der Waals surface area contributed by atoms with Crippen molar-refractivity contribution in [2.75, 3.05) is 20.1 Å². The molecule has 2 rings (SSSR count). The minimum atomic E-state index is -0.0160. The molecule has 2 atom stereocenters. The molecule has 1 aromatic rings. The van der Waals surface area contributed by atoms with E-state index in [9.17, 15) is 4.79 Å². The summed E-state index contributed by atoms with van der Waals surface area (Å²) in [5.74, 6) is 1.38. The van der Waals surface area contributed by atoms with Gasteiger partial charge in [0, 0.05) is 19.6 Å². The number of nitrogens with zero attached hydrogens (tertiary/aromatic N) is 1. The summed E-state index contributed by atoms with van der Waals surface area (Å²) in [7, 11) is 1.72. The van der Waals surface area contributed by atoms with Gasteiger partial charge in [0.15, 0.2) is 5.96 Å². The number of benzene rings is 1. The lowest BCUT2D eigenvalue weighted by Gasteiger charge is -2.11. The van der Waals surface area contributed by atoms with Crippen molar-refractivity contribution >= 4 is 11.9 Å². The van der Waals surface area contributed by atoms with Crippen molar-refractivity contribution in [2.24, 2.45) is 10.9 Å². The Morgan fingerprint density at radius 1 is 1.29 bits per heavy atom. The van der Waals surface area contributed by atoms with Gasteiger partial charge >= 0.3 is 0 Å². The Kier molecular flexibility index (Phi) is 5.60. The van der Waals surface area contributed by atoms with Gasteiger partial charge in [0.2, 0.25) is 5.91 Å². The summed E-state index contributed by atoms with van der Waals surface area (Å²) in [4.78, 5) is 15.9. The van der Waals surface area contributed by atoms with Crippen LogP contribution in [0.15, 0.2) is 35.3 Å². The number of nitrogens with one attached hydrogen (secondary N) is 3. The summed E-state index contributed by atoms with van der Waals surface area (Å²) in [6.07, 6.45) is 2.02. The topological polar surface area (TPSA) is 65.5 Å². The van der Waals surface area contributed by atoms with E-state index in [2.05, 4.69) is 40.0 Å². The van der Waals surface area contributed by atoms with Crippen LogP contribution in [0, 0.1) is 5.92 Å². The highest BCUT2D eigenvalue weighted by Gasteiger charge is 2.33. The fraction of sp³-hybridized carbons (Fsp3) is 0.500. The summed E-state index contributed by atoms with van der Waals surface area (Å²) < 4.78 is 0. The average Bonchev–Trinajstić information content (AvgIpc) is 3.19. The third kappa shape index (κ3) is 5.45. The molecule has 0 saturated heterocycles. The molecule has 0 bridgehead atoms. The Balaban J connectivity index is 1.60. The highest BCUT2D eigenvalue weighted by molar-refractivity contribution is 5.86. The molecule has 0 heterocycles. The molecule has 3 N–H and O–H groups in total. The lowest BCUT2D eigenvalue weighted by atomic mass is 10.1. The largest absolute Gasteiger partial charge is 0.354 e. The van der Waals surface area contributed by atoms with Gasteiger partial charge in [0.1, 0.15) is 0 Å². The number of carbonyl (C=O) groups excluding carboxylic acids is 1. The molecular weight excluding hydrogens is 264 g/mol. The van der Waals surface area contributed by atoms with Crippen LogP contribution in [0.3, 0.4) is 0 Å². The van der Waals surface area contributed by atoms with Crippen molar-refractivity contribution in [1.29, 1.82) is 0 Å². The van der Waals surface area contributed by atoms with Crippen molar-refractivity contribution in [3.63, 3.8) is 0 Å². The molecular formula is C16H24N4O. The fourth-order valence-corrected chi connectivity index (χ4v) is 2.11. The number of rotatable bonds is 6. The van der Waals surface area contributed by atoms with E-state index in [0.717, 1.165) is 6.42 Å². The van der Waals surface area contributed by atoms with Crippen LogP contribution in [0.5, 0.6) is 0 Å². The smallest absolute Gasteiger partial charge is 0.239 e. The predicted octanol–water partition coefficient (Wildman–Crippen LogP) is 0.919. The maximum atomic E-state index is 11.8. The van der Waals surface area contributed by atoms with Crippen molar-refractivity contribution < 1.29 is 4.79 Å². The van der Waals surface area contributed by atoms with Gasteiger partial charge in [-0.15, -0.1) is 0 Å². The molecule has 0 radical (unpaired) electrons. The highest BCUT2D eigenvalue weighted by atomic mass is 16.1. The molecule has 2 unspecified atom stereocenters. The standard InChI is InChI=1S/C16H24N4O/c1-12-10-14(12)20-16(17-2)19-11-15(21)18-9-8-13-6-4-3-5-7-13/h3-7,12,14H,8-11H2,1-2H3,(H,18,21)(H2,17,19,20). The number of hydrogen-bond acceptors (Lipinski definition) is 2. The zero-order chi connectivity index (χ0) is 15.1. The van der Waals surface area contributed by atoms with Crippen LogP contribution in [-0.2, 0) is 11.2 Å². The van der Waals surface area contributed by atoms with Crippen LogP contribution in [0.4, 0.5) is 0 Å². The number of carbonyl (C=O) groups is 1. The first kappa shape index (κ1) is 15.4. The number of hydrogen-bond donors (Lipinski definition) is 3. The quantitative estimate of drug-likeness (QED) is 0.539. The Morgan fingerprint density at radius 2 is 2.00 bits per heavy atom. The summed E-state index contributed by atoms with van der Waals surface area (Å²) in [5, 5.41) is 9.23. The predicted molar refractivity (Wildman–Crippen MR) is 85.2 cm³/mol. The molecule has 1 fully saturated rings. The number of aliphatic imine (C=N–C) groups is 1. The molecule has 1 saturated carbocycles. The summed E-state index contributed by atoms with van der Waals surface area (Å²) in [6.45, 7) is 3.09. The van der Waals surface area contributed by atoms with E-state index in [4.69, 9.17) is 0 Å². The summed E-state index contributed by atoms with van der Waals surface area (Å²) >= 11 is 0. The molecule has 5 nitrogen and oxygen atoms in total. The van der Waals surface area contributed by atoms with Crippen LogP contribution in [0.25, 0.3) is 0 Å². The molecule has 21 heavy (non-hydrogen) atoms. The van der Waals surface area contributed by atoms with Gasteiger partial charge in [0.25, 0.3) is 0 Å². The minimum Gasteiger partial charge on any atom is -0.354 e. The Bertz CT molecular complexity index is 486. The first-order valence-electron chi connectivity index (χ1n) is 7.47. The van der Waals surface area contributed by atoms with Crippen LogP contribution < -0.4 is 16.0 Å². The lowest BCUT2D eigenvalue weighted by Crippen LogP contribution is -2.44. The molecule has 0 aromatic heterocycles. The normalized spacial score (nSPS) is 20.8. The highest BCUT2D eigenvalue weighted by Crippen LogP contribution is 2.28. The van der Waals surface area contributed by atoms with Crippen LogP contribution in [-0.4, -0.2) is 38.0 Å². The zero-order valence-electron chi connectivity index (χ0n) is 12.7. The zero-order valence-corrected chi connectivity index (χ0v) is 12.7. The van der Waals surface area contributed by atoms with Gasteiger partial charge in [-0.25, -0.2) is 0 Å². The number of amides is 1. The Hall–Kier alpha value is -2.04.